The van der Waals surface area contributed by atoms with E-state index in [9.17, 15) is 9.18 Å². The predicted octanol–water partition coefficient (Wildman–Crippen LogP) is 3.05. The maximum atomic E-state index is 13.0. The van der Waals surface area contributed by atoms with E-state index < -0.39 is 0 Å². The van der Waals surface area contributed by atoms with Crippen molar-refractivity contribution in [3.05, 3.63) is 35.1 Å². The summed E-state index contributed by atoms with van der Waals surface area (Å²) in [6.07, 6.45) is 2.35. The van der Waals surface area contributed by atoms with Crippen LogP contribution in [0.2, 0.25) is 0 Å². The molecule has 0 N–H and O–H groups in total. The van der Waals surface area contributed by atoms with Gasteiger partial charge in [0, 0.05) is 11.8 Å². The third kappa shape index (κ3) is 2.09. The number of rotatable bonds is 3. The summed E-state index contributed by atoms with van der Waals surface area (Å²) < 4.78 is 13.0. The van der Waals surface area contributed by atoms with Crippen molar-refractivity contribution in [3.8, 4) is 0 Å². The van der Waals surface area contributed by atoms with Crippen LogP contribution in [-0.2, 0) is 11.2 Å². The lowest BCUT2D eigenvalue weighted by atomic mass is 9.95. The normalized spacial score (nSPS) is 17.5. The monoisotopic (exact) mass is 206 g/mol. The minimum Gasteiger partial charge on any atom is -0.299 e. The third-order valence-corrected chi connectivity index (χ3v) is 3.34. The van der Waals surface area contributed by atoms with Crippen LogP contribution in [-0.4, -0.2) is 5.78 Å². The fourth-order valence-electron chi connectivity index (χ4n) is 1.68. The van der Waals surface area contributed by atoms with Crippen LogP contribution in [0.1, 0.15) is 30.9 Å². The second-order valence-electron chi connectivity index (χ2n) is 4.73. The molecular formula is C13H15FO. The van der Waals surface area contributed by atoms with Crippen LogP contribution in [0.5, 0.6) is 0 Å². The van der Waals surface area contributed by atoms with Gasteiger partial charge in [-0.15, -0.1) is 0 Å². The van der Waals surface area contributed by atoms with Gasteiger partial charge < -0.3 is 0 Å². The second-order valence-corrected chi connectivity index (χ2v) is 4.73. The lowest BCUT2D eigenvalue weighted by molar-refractivity contribution is -0.122. The Hall–Kier alpha value is -1.18. The first-order valence-electron chi connectivity index (χ1n) is 5.30. The molecule has 1 aliphatic rings. The molecule has 0 radical (unpaired) electrons. The minimum absolute atomic E-state index is 0.112. The molecule has 1 aliphatic carbocycles. The Morgan fingerprint density at radius 1 is 1.47 bits per heavy atom. The number of ketones is 1. The molecule has 0 saturated heterocycles. The summed E-state index contributed by atoms with van der Waals surface area (Å²) in [5.41, 5.74) is 1.71. The van der Waals surface area contributed by atoms with E-state index in [4.69, 9.17) is 0 Å². The highest BCUT2D eigenvalue weighted by Crippen LogP contribution is 2.46. The Morgan fingerprint density at radius 3 is 2.73 bits per heavy atom. The molecule has 1 saturated carbocycles. The number of hydrogen-bond acceptors (Lipinski definition) is 1. The quantitative estimate of drug-likeness (QED) is 0.742. The number of carbonyl (C=O) groups is 1. The number of Topliss-reactive ketones (excluding diaryl/α,β-unsaturated/α-hetero) is 1. The molecule has 1 nitrogen and oxygen atoms in total. The molecule has 0 atom stereocenters. The van der Waals surface area contributed by atoms with Crippen LogP contribution in [0.3, 0.4) is 0 Å². The van der Waals surface area contributed by atoms with E-state index >= 15 is 0 Å². The van der Waals surface area contributed by atoms with Gasteiger partial charge in [0.25, 0.3) is 0 Å². The van der Waals surface area contributed by atoms with Gasteiger partial charge >= 0.3 is 0 Å². The van der Waals surface area contributed by atoms with Crippen molar-refractivity contribution in [2.45, 2.75) is 33.1 Å². The lowest BCUT2D eigenvalue weighted by Gasteiger charge is -2.09. The predicted molar refractivity (Wildman–Crippen MR) is 57.2 cm³/mol. The Balaban J connectivity index is 2.16. The largest absolute Gasteiger partial charge is 0.299 e. The van der Waals surface area contributed by atoms with Crippen LogP contribution >= 0.6 is 0 Å². The van der Waals surface area contributed by atoms with E-state index in [0.717, 1.165) is 24.0 Å². The summed E-state index contributed by atoms with van der Waals surface area (Å²) >= 11 is 0. The molecule has 0 heterocycles. The highest BCUT2D eigenvalue weighted by Gasteiger charge is 2.44. The van der Waals surface area contributed by atoms with Gasteiger partial charge in [-0.1, -0.05) is 13.0 Å². The third-order valence-electron chi connectivity index (χ3n) is 3.34. The molecular weight excluding hydrogens is 191 g/mol. The van der Waals surface area contributed by atoms with Crippen molar-refractivity contribution in [1.82, 2.24) is 0 Å². The molecule has 0 spiro atoms. The van der Waals surface area contributed by atoms with Crippen LogP contribution in [0.4, 0.5) is 4.39 Å². The van der Waals surface area contributed by atoms with E-state index in [2.05, 4.69) is 0 Å². The molecule has 2 heteroatoms. The highest BCUT2D eigenvalue weighted by atomic mass is 19.1. The topological polar surface area (TPSA) is 17.1 Å². The average Bonchev–Trinajstić information content (AvgIpc) is 2.91. The van der Waals surface area contributed by atoms with Crippen LogP contribution in [0, 0.1) is 18.2 Å². The molecule has 0 aromatic heterocycles. The van der Waals surface area contributed by atoms with Gasteiger partial charge in [0.2, 0.25) is 0 Å². The fourth-order valence-corrected chi connectivity index (χ4v) is 1.68. The Morgan fingerprint density at radius 2 is 2.13 bits per heavy atom. The number of hydrogen-bond donors (Lipinski definition) is 0. The van der Waals surface area contributed by atoms with Gasteiger partial charge in [-0.2, -0.15) is 0 Å². The first kappa shape index (κ1) is 10.3. The Bertz CT molecular complexity index is 405. The standard InChI is InChI=1S/C13H15FO/c1-9-3-4-11(14)7-10(9)8-12(15)13(2)5-6-13/h3-4,7H,5-6,8H2,1-2H3. The van der Waals surface area contributed by atoms with Crippen LogP contribution in [0.15, 0.2) is 18.2 Å². The second kappa shape index (κ2) is 3.44. The molecule has 80 valence electrons. The average molecular weight is 206 g/mol. The SMILES string of the molecule is Cc1ccc(F)cc1CC(=O)C1(C)CC1. The van der Waals surface area contributed by atoms with Gasteiger partial charge in [-0.05, 0) is 43.0 Å². The van der Waals surface area contributed by atoms with Crippen LogP contribution < -0.4 is 0 Å². The van der Waals surface area contributed by atoms with Crippen molar-refractivity contribution in [2.75, 3.05) is 0 Å². The minimum atomic E-state index is -0.260. The van der Waals surface area contributed by atoms with Gasteiger partial charge in [-0.3, -0.25) is 4.79 Å². The molecule has 1 fully saturated rings. The molecule has 0 amide bonds. The van der Waals surface area contributed by atoms with Crippen LogP contribution in [0.25, 0.3) is 0 Å². The smallest absolute Gasteiger partial charge is 0.143 e. The zero-order valence-corrected chi connectivity index (χ0v) is 9.14. The summed E-state index contributed by atoms with van der Waals surface area (Å²) in [4.78, 5) is 11.8. The Labute approximate surface area is 89.3 Å². The summed E-state index contributed by atoms with van der Waals surface area (Å²) in [7, 11) is 0. The van der Waals surface area contributed by atoms with Crippen molar-refractivity contribution >= 4 is 5.78 Å². The zero-order chi connectivity index (χ0) is 11.1. The Kier molecular flexibility index (Phi) is 2.37. The molecule has 15 heavy (non-hydrogen) atoms. The first-order valence-corrected chi connectivity index (χ1v) is 5.30. The van der Waals surface area contributed by atoms with Crippen molar-refractivity contribution in [2.24, 2.45) is 5.41 Å². The molecule has 2 rings (SSSR count). The number of aryl methyl sites for hydroxylation is 1. The zero-order valence-electron chi connectivity index (χ0n) is 9.14. The number of carbonyl (C=O) groups excluding carboxylic acids is 1. The van der Waals surface area contributed by atoms with Crippen molar-refractivity contribution in [1.29, 1.82) is 0 Å². The highest BCUT2D eigenvalue weighted by molar-refractivity contribution is 5.88. The van der Waals surface area contributed by atoms with Crippen molar-refractivity contribution in [3.63, 3.8) is 0 Å². The van der Waals surface area contributed by atoms with Gasteiger partial charge in [0.15, 0.2) is 0 Å². The maximum absolute atomic E-state index is 13.0. The van der Waals surface area contributed by atoms with Gasteiger partial charge in [-0.25, -0.2) is 4.39 Å². The molecule has 1 aromatic rings. The fraction of sp³-hybridized carbons (Fsp3) is 0.462. The number of benzene rings is 1. The van der Waals surface area contributed by atoms with Gasteiger partial charge in [0.1, 0.15) is 11.6 Å². The van der Waals surface area contributed by atoms with E-state index in [0.29, 0.717) is 6.42 Å². The molecule has 0 bridgehead atoms. The van der Waals surface area contributed by atoms with Crippen molar-refractivity contribution < 1.29 is 9.18 Å². The van der Waals surface area contributed by atoms with E-state index in [1.54, 1.807) is 6.07 Å². The first-order chi connectivity index (χ1) is 7.01. The summed E-state index contributed by atoms with van der Waals surface area (Å²) in [6.45, 7) is 3.90. The number of halogens is 1. The molecule has 0 unspecified atom stereocenters. The lowest BCUT2D eigenvalue weighted by Crippen LogP contribution is -2.15. The van der Waals surface area contributed by atoms with E-state index in [-0.39, 0.29) is 17.0 Å². The molecule has 1 aromatic carbocycles. The van der Waals surface area contributed by atoms with E-state index in [1.807, 2.05) is 13.8 Å². The molecule has 0 aliphatic heterocycles. The summed E-state index contributed by atoms with van der Waals surface area (Å²) in [6, 6.07) is 4.63. The maximum Gasteiger partial charge on any atom is 0.143 e. The van der Waals surface area contributed by atoms with E-state index in [1.165, 1.54) is 12.1 Å². The van der Waals surface area contributed by atoms with Gasteiger partial charge in [0.05, 0.1) is 0 Å². The summed E-state index contributed by atoms with van der Waals surface area (Å²) in [5.74, 6) is -0.0134. The summed E-state index contributed by atoms with van der Waals surface area (Å²) in [5, 5.41) is 0.